The van der Waals surface area contributed by atoms with Crippen LogP contribution in [0.25, 0.3) is 28.1 Å². The minimum atomic E-state index is 0.403. The first-order valence-corrected chi connectivity index (χ1v) is 10.0. The Balaban J connectivity index is 1.66. The van der Waals surface area contributed by atoms with Crippen molar-refractivity contribution in [2.45, 2.75) is 0 Å². The molecule has 0 atom stereocenters. The van der Waals surface area contributed by atoms with Crippen LogP contribution in [0.4, 0.5) is 17.5 Å². The predicted octanol–water partition coefficient (Wildman–Crippen LogP) is 4.42. The number of hydrazine groups is 1. The molecule has 2 aromatic carbocycles. The van der Waals surface area contributed by atoms with Gasteiger partial charge in [-0.15, -0.1) is 0 Å². The van der Waals surface area contributed by atoms with Gasteiger partial charge in [0.1, 0.15) is 0 Å². The van der Waals surface area contributed by atoms with Gasteiger partial charge < -0.3 is 10.7 Å². The number of nitrogen functional groups attached to an aromatic ring is 1. The Kier molecular flexibility index (Phi) is 5.25. The van der Waals surface area contributed by atoms with Crippen LogP contribution in [0.5, 0.6) is 0 Å². The second-order valence-corrected chi connectivity index (χ2v) is 7.01. The second-order valence-electron chi connectivity index (χ2n) is 7.01. The van der Waals surface area contributed by atoms with Crippen molar-refractivity contribution in [3.63, 3.8) is 0 Å². The highest BCUT2D eigenvalue weighted by Gasteiger charge is 2.19. The Morgan fingerprint density at radius 3 is 2.19 bits per heavy atom. The summed E-state index contributed by atoms with van der Waals surface area (Å²) in [7, 11) is 0. The first-order valence-electron chi connectivity index (χ1n) is 10.0. The normalized spacial score (nSPS) is 10.7. The van der Waals surface area contributed by atoms with Crippen LogP contribution in [0.2, 0.25) is 0 Å². The molecule has 8 nitrogen and oxygen atoms in total. The van der Waals surface area contributed by atoms with Gasteiger partial charge >= 0.3 is 0 Å². The fourth-order valence-electron chi connectivity index (χ4n) is 3.43. The molecular weight excluding hydrogens is 400 g/mol. The van der Waals surface area contributed by atoms with E-state index in [1.807, 2.05) is 79.0 Å². The summed E-state index contributed by atoms with van der Waals surface area (Å²) in [6, 6.07) is 23.5. The van der Waals surface area contributed by atoms with Crippen LogP contribution in [0.3, 0.4) is 0 Å². The first-order chi connectivity index (χ1) is 15.8. The first kappa shape index (κ1) is 19.4. The topological polar surface area (TPSA) is 107 Å². The molecule has 0 spiro atoms. The molecule has 5 aromatic rings. The van der Waals surface area contributed by atoms with E-state index in [-0.39, 0.29) is 0 Å². The zero-order valence-corrected chi connectivity index (χ0v) is 17.1. The molecule has 4 N–H and O–H groups in total. The van der Waals surface area contributed by atoms with Crippen molar-refractivity contribution < 1.29 is 0 Å². The third kappa shape index (κ3) is 3.90. The van der Waals surface area contributed by atoms with E-state index in [4.69, 9.17) is 10.8 Å². The Morgan fingerprint density at radius 1 is 0.750 bits per heavy atom. The minimum Gasteiger partial charge on any atom is -0.324 e. The Hall–Kier alpha value is -4.56. The molecule has 0 radical (unpaired) electrons. The number of nitrogens with two attached hydrogens (primary N) is 1. The fourth-order valence-corrected chi connectivity index (χ4v) is 3.43. The molecule has 32 heavy (non-hydrogen) atoms. The van der Waals surface area contributed by atoms with Crippen LogP contribution in [0.15, 0.2) is 97.6 Å². The standard InChI is InChI=1S/C24H20N8/c25-31-22-21(18-7-3-1-4-8-18)23(30-24(29-22)28-20-9-5-2-6-10-20)32-16-19(15-27-32)17-11-13-26-14-12-17/h1-16H,25H2,(H2,28,29,30,31). The van der Waals surface area contributed by atoms with Crippen molar-refractivity contribution in [1.29, 1.82) is 0 Å². The second kappa shape index (κ2) is 8.66. The van der Waals surface area contributed by atoms with Gasteiger partial charge in [-0.1, -0.05) is 48.5 Å². The lowest BCUT2D eigenvalue weighted by atomic mass is 10.1. The van der Waals surface area contributed by atoms with E-state index in [2.05, 4.69) is 25.8 Å². The molecule has 8 heteroatoms. The van der Waals surface area contributed by atoms with Crippen LogP contribution < -0.4 is 16.6 Å². The molecule has 156 valence electrons. The van der Waals surface area contributed by atoms with Crippen LogP contribution in [-0.2, 0) is 0 Å². The zero-order valence-electron chi connectivity index (χ0n) is 17.1. The summed E-state index contributed by atoms with van der Waals surface area (Å²) in [6.45, 7) is 0. The number of nitrogens with zero attached hydrogens (tertiary/aromatic N) is 5. The summed E-state index contributed by atoms with van der Waals surface area (Å²) >= 11 is 0. The summed E-state index contributed by atoms with van der Waals surface area (Å²) in [5.74, 6) is 7.37. The van der Waals surface area contributed by atoms with Gasteiger partial charge in [0.25, 0.3) is 0 Å². The Bertz CT molecular complexity index is 1320. The highest BCUT2D eigenvalue weighted by molar-refractivity contribution is 5.82. The van der Waals surface area contributed by atoms with Crippen molar-refractivity contribution >= 4 is 17.5 Å². The number of aromatic nitrogens is 5. The van der Waals surface area contributed by atoms with Crippen LogP contribution in [0, 0.1) is 0 Å². The number of pyridine rings is 1. The summed E-state index contributed by atoms with van der Waals surface area (Å²) in [6.07, 6.45) is 7.24. The van der Waals surface area contributed by atoms with Crippen molar-refractivity contribution in [3.05, 3.63) is 97.6 Å². The van der Waals surface area contributed by atoms with Crippen molar-refractivity contribution in [2.75, 3.05) is 10.7 Å². The maximum atomic E-state index is 5.89. The maximum absolute atomic E-state index is 5.89. The smallest absolute Gasteiger partial charge is 0.231 e. The Morgan fingerprint density at radius 2 is 1.47 bits per heavy atom. The van der Waals surface area contributed by atoms with Gasteiger partial charge in [0.2, 0.25) is 5.95 Å². The molecule has 3 heterocycles. The number of benzene rings is 2. The lowest BCUT2D eigenvalue weighted by Crippen LogP contribution is -2.15. The maximum Gasteiger partial charge on any atom is 0.231 e. The van der Waals surface area contributed by atoms with E-state index in [1.54, 1.807) is 23.3 Å². The molecule has 3 aromatic heterocycles. The Labute approximate surface area is 184 Å². The van der Waals surface area contributed by atoms with Crippen molar-refractivity contribution in [2.24, 2.45) is 5.84 Å². The molecule has 0 bridgehead atoms. The van der Waals surface area contributed by atoms with Gasteiger partial charge in [-0.05, 0) is 35.4 Å². The average molecular weight is 420 g/mol. The number of nitrogens with one attached hydrogen (secondary N) is 2. The molecular formula is C24H20N8. The van der Waals surface area contributed by atoms with Gasteiger partial charge in [0, 0.05) is 29.8 Å². The molecule has 0 aliphatic carbocycles. The third-order valence-corrected chi connectivity index (χ3v) is 4.93. The number of hydrogen-bond acceptors (Lipinski definition) is 7. The summed E-state index contributed by atoms with van der Waals surface area (Å²) in [5, 5.41) is 7.82. The van der Waals surface area contributed by atoms with Gasteiger partial charge in [-0.25, -0.2) is 10.5 Å². The molecule has 0 aliphatic rings. The fraction of sp³-hybridized carbons (Fsp3) is 0. The van der Waals surface area contributed by atoms with E-state index < -0.39 is 0 Å². The quantitative estimate of drug-likeness (QED) is 0.276. The molecule has 0 amide bonds. The molecule has 5 rings (SSSR count). The van der Waals surface area contributed by atoms with E-state index in [0.29, 0.717) is 17.6 Å². The number of para-hydroxylation sites is 1. The van der Waals surface area contributed by atoms with Crippen molar-refractivity contribution in [3.8, 4) is 28.1 Å². The molecule has 0 aliphatic heterocycles. The van der Waals surface area contributed by atoms with Gasteiger partial charge in [-0.3, -0.25) is 4.98 Å². The van der Waals surface area contributed by atoms with E-state index >= 15 is 0 Å². The molecule has 0 saturated carbocycles. The van der Waals surface area contributed by atoms with Gasteiger partial charge in [0.05, 0.1) is 11.8 Å². The average Bonchev–Trinajstić information content (AvgIpc) is 3.35. The highest BCUT2D eigenvalue weighted by atomic mass is 15.3. The van der Waals surface area contributed by atoms with E-state index in [9.17, 15) is 0 Å². The molecule has 0 unspecified atom stereocenters. The predicted molar refractivity (Wildman–Crippen MR) is 125 cm³/mol. The zero-order chi connectivity index (χ0) is 21.8. The number of anilines is 3. The number of hydrogen-bond donors (Lipinski definition) is 3. The number of rotatable bonds is 6. The summed E-state index contributed by atoms with van der Waals surface area (Å²) in [5.41, 5.74) is 7.23. The molecule has 0 saturated heterocycles. The minimum absolute atomic E-state index is 0.403. The monoisotopic (exact) mass is 420 g/mol. The van der Waals surface area contributed by atoms with E-state index in [1.165, 1.54) is 0 Å². The van der Waals surface area contributed by atoms with E-state index in [0.717, 1.165) is 27.9 Å². The van der Waals surface area contributed by atoms with Gasteiger partial charge in [0.15, 0.2) is 11.6 Å². The lowest BCUT2D eigenvalue weighted by Gasteiger charge is -2.16. The largest absolute Gasteiger partial charge is 0.324 e. The van der Waals surface area contributed by atoms with Crippen LogP contribution in [-0.4, -0.2) is 24.7 Å². The SMILES string of the molecule is NNc1nc(Nc2ccccc2)nc(-n2cc(-c3ccncc3)cn2)c1-c1ccccc1. The van der Waals surface area contributed by atoms with Crippen LogP contribution in [0.1, 0.15) is 0 Å². The molecule has 0 fully saturated rings. The third-order valence-electron chi connectivity index (χ3n) is 4.93. The van der Waals surface area contributed by atoms with Gasteiger partial charge in [-0.2, -0.15) is 15.1 Å². The van der Waals surface area contributed by atoms with Crippen LogP contribution >= 0.6 is 0 Å². The summed E-state index contributed by atoms with van der Waals surface area (Å²) in [4.78, 5) is 13.5. The summed E-state index contributed by atoms with van der Waals surface area (Å²) < 4.78 is 1.73. The highest BCUT2D eigenvalue weighted by Crippen LogP contribution is 2.33. The van der Waals surface area contributed by atoms with Crippen molar-refractivity contribution in [1.82, 2.24) is 24.7 Å². The lowest BCUT2D eigenvalue weighted by molar-refractivity contribution is 0.844.